The number of nitrogens with two attached hydrogens (primary N) is 1. The largest absolute Gasteiger partial charge is 0.389 e. The molecule has 1 heterocycles. The SMILES string of the molecule is NC(=S)c1c(F)cccc1NC1CCC(=O)NC1. The Morgan fingerprint density at radius 1 is 1.56 bits per heavy atom. The number of benzene rings is 1. The lowest BCUT2D eigenvalue weighted by Gasteiger charge is -2.25. The van der Waals surface area contributed by atoms with E-state index in [1.807, 2.05) is 0 Å². The van der Waals surface area contributed by atoms with Crippen molar-refractivity contribution in [3.05, 3.63) is 29.6 Å². The van der Waals surface area contributed by atoms with Crippen LogP contribution in [-0.2, 0) is 4.79 Å². The number of amides is 1. The first-order valence-electron chi connectivity index (χ1n) is 5.69. The third-order valence-electron chi connectivity index (χ3n) is 2.89. The topological polar surface area (TPSA) is 67.1 Å². The van der Waals surface area contributed by atoms with Crippen LogP contribution in [0.2, 0.25) is 0 Å². The van der Waals surface area contributed by atoms with Crippen molar-refractivity contribution < 1.29 is 9.18 Å². The highest BCUT2D eigenvalue weighted by Gasteiger charge is 2.20. The average Bonchev–Trinajstić information content (AvgIpc) is 2.32. The second-order valence-electron chi connectivity index (χ2n) is 4.21. The summed E-state index contributed by atoms with van der Waals surface area (Å²) in [6, 6.07) is 4.72. The smallest absolute Gasteiger partial charge is 0.220 e. The Kier molecular flexibility index (Phi) is 3.76. The highest BCUT2D eigenvalue weighted by molar-refractivity contribution is 7.80. The molecule has 1 aromatic carbocycles. The Labute approximate surface area is 110 Å². The number of anilines is 1. The van der Waals surface area contributed by atoms with Crippen LogP contribution in [0.5, 0.6) is 0 Å². The van der Waals surface area contributed by atoms with Gasteiger partial charge in [-0.05, 0) is 18.6 Å². The molecule has 1 amide bonds. The Morgan fingerprint density at radius 2 is 2.33 bits per heavy atom. The summed E-state index contributed by atoms with van der Waals surface area (Å²) in [6.07, 6.45) is 1.18. The number of piperidine rings is 1. The number of hydrogen-bond acceptors (Lipinski definition) is 3. The lowest BCUT2D eigenvalue weighted by molar-refractivity contribution is -0.122. The number of thiocarbonyl (C=S) groups is 1. The zero-order valence-corrected chi connectivity index (χ0v) is 10.5. The van der Waals surface area contributed by atoms with Gasteiger partial charge in [-0.15, -0.1) is 0 Å². The van der Waals surface area contributed by atoms with Crippen LogP contribution in [0.4, 0.5) is 10.1 Å². The van der Waals surface area contributed by atoms with Gasteiger partial charge in [-0.1, -0.05) is 18.3 Å². The highest BCUT2D eigenvalue weighted by atomic mass is 32.1. The number of nitrogens with one attached hydrogen (secondary N) is 2. The van der Waals surface area contributed by atoms with Gasteiger partial charge in [-0.3, -0.25) is 4.79 Å². The van der Waals surface area contributed by atoms with Crippen LogP contribution in [0.15, 0.2) is 18.2 Å². The molecule has 6 heteroatoms. The number of carbonyl (C=O) groups excluding carboxylic acids is 1. The first-order chi connectivity index (χ1) is 8.58. The van der Waals surface area contributed by atoms with Crippen LogP contribution in [-0.4, -0.2) is 23.5 Å². The fourth-order valence-electron chi connectivity index (χ4n) is 1.97. The van der Waals surface area contributed by atoms with Gasteiger partial charge < -0.3 is 16.4 Å². The normalized spacial score (nSPS) is 19.2. The Bertz CT molecular complexity index is 482. The molecule has 0 aromatic heterocycles. The molecule has 0 aliphatic carbocycles. The first-order valence-corrected chi connectivity index (χ1v) is 6.10. The number of halogens is 1. The second-order valence-corrected chi connectivity index (χ2v) is 4.65. The zero-order chi connectivity index (χ0) is 13.1. The summed E-state index contributed by atoms with van der Waals surface area (Å²) in [5.74, 6) is -0.394. The van der Waals surface area contributed by atoms with E-state index < -0.39 is 5.82 Å². The summed E-state index contributed by atoms with van der Waals surface area (Å²) in [7, 11) is 0. The van der Waals surface area contributed by atoms with Crippen LogP contribution in [0, 0.1) is 5.82 Å². The van der Waals surface area contributed by atoms with E-state index in [0.717, 1.165) is 0 Å². The quantitative estimate of drug-likeness (QED) is 0.719. The van der Waals surface area contributed by atoms with E-state index in [4.69, 9.17) is 18.0 Å². The number of hydrogen-bond donors (Lipinski definition) is 3. The van der Waals surface area contributed by atoms with E-state index in [1.165, 1.54) is 6.07 Å². The monoisotopic (exact) mass is 267 g/mol. The highest BCUT2D eigenvalue weighted by Crippen LogP contribution is 2.21. The minimum absolute atomic E-state index is 0.0236. The van der Waals surface area contributed by atoms with Crippen LogP contribution in [0.3, 0.4) is 0 Å². The van der Waals surface area contributed by atoms with Gasteiger partial charge in [0, 0.05) is 24.7 Å². The third-order valence-corrected chi connectivity index (χ3v) is 3.09. The Balaban J connectivity index is 2.16. The molecule has 0 saturated carbocycles. The van der Waals surface area contributed by atoms with Crippen molar-refractivity contribution in [2.24, 2.45) is 5.73 Å². The number of carbonyl (C=O) groups is 1. The molecule has 1 saturated heterocycles. The van der Waals surface area contributed by atoms with Gasteiger partial charge in [0.15, 0.2) is 0 Å². The zero-order valence-electron chi connectivity index (χ0n) is 9.70. The first kappa shape index (κ1) is 12.8. The van der Waals surface area contributed by atoms with E-state index in [1.54, 1.807) is 12.1 Å². The fourth-order valence-corrected chi connectivity index (χ4v) is 2.18. The maximum absolute atomic E-state index is 13.6. The molecule has 1 aliphatic rings. The lowest BCUT2D eigenvalue weighted by atomic mass is 10.1. The van der Waals surface area contributed by atoms with Gasteiger partial charge in [-0.2, -0.15) is 0 Å². The molecule has 1 atom stereocenters. The maximum Gasteiger partial charge on any atom is 0.220 e. The maximum atomic E-state index is 13.6. The molecule has 4 nitrogen and oxygen atoms in total. The van der Waals surface area contributed by atoms with Crippen molar-refractivity contribution in [2.45, 2.75) is 18.9 Å². The molecular formula is C12H14FN3OS. The van der Waals surface area contributed by atoms with Gasteiger partial charge in [-0.25, -0.2) is 4.39 Å². The van der Waals surface area contributed by atoms with Crippen molar-refractivity contribution >= 4 is 28.8 Å². The molecule has 96 valence electrons. The summed E-state index contributed by atoms with van der Waals surface area (Å²) in [4.78, 5) is 11.1. The standard InChI is InChI=1S/C12H14FN3OS/c13-8-2-1-3-9(11(8)12(14)18)16-7-4-5-10(17)15-6-7/h1-3,7,16H,4-6H2,(H2,14,18)(H,15,17). The summed E-state index contributed by atoms with van der Waals surface area (Å²) in [5, 5.41) is 5.93. The van der Waals surface area contributed by atoms with Crippen molar-refractivity contribution in [2.75, 3.05) is 11.9 Å². The van der Waals surface area contributed by atoms with Gasteiger partial charge >= 0.3 is 0 Å². The summed E-state index contributed by atoms with van der Waals surface area (Å²) in [5.41, 5.74) is 6.32. The molecule has 1 fully saturated rings. The molecule has 1 aromatic rings. The van der Waals surface area contributed by atoms with Crippen LogP contribution in [0.25, 0.3) is 0 Å². The van der Waals surface area contributed by atoms with Crippen molar-refractivity contribution in [1.29, 1.82) is 0 Å². The predicted molar refractivity (Wildman–Crippen MR) is 71.9 cm³/mol. The van der Waals surface area contributed by atoms with E-state index in [0.29, 0.717) is 25.1 Å². The molecule has 0 bridgehead atoms. The van der Waals surface area contributed by atoms with Gasteiger partial charge in [0.1, 0.15) is 10.8 Å². The second kappa shape index (κ2) is 5.30. The van der Waals surface area contributed by atoms with E-state index in [9.17, 15) is 9.18 Å². The molecule has 1 aliphatic heterocycles. The van der Waals surface area contributed by atoms with Crippen molar-refractivity contribution in [1.82, 2.24) is 5.32 Å². The third kappa shape index (κ3) is 2.76. The minimum Gasteiger partial charge on any atom is -0.389 e. The van der Waals surface area contributed by atoms with Gasteiger partial charge in [0.2, 0.25) is 5.91 Å². The van der Waals surface area contributed by atoms with Crippen LogP contribution in [0.1, 0.15) is 18.4 Å². The minimum atomic E-state index is -0.438. The predicted octanol–water partition coefficient (Wildman–Crippen LogP) is 1.15. The molecule has 18 heavy (non-hydrogen) atoms. The summed E-state index contributed by atoms with van der Waals surface area (Å²) < 4.78 is 13.6. The summed E-state index contributed by atoms with van der Waals surface area (Å²) in [6.45, 7) is 0.520. The van der Waals surface area contributed by atoms with Crippen LogP contribution < -0.4 is 16.4 Å². The van der Waals surface area contributed by atoms with Gasteiger partial charge in [0.25, 0.3) is 0 Å². The Morgan fingerprint density at radius 3 is 2.94 bits per heavy atom. The van der Waals surface area contributed by atoms with Gasteiger partial charge in [0.05, 0.1) is 5.56 Å². The Hall–Kier alpha value is -1.69. The molecular weight excluding hydrogens is 253 g/mol. The van der Waals surface area contributed by atoms with E-state index in [2.05, 4.69) is 10.6 Å². The van der Waals surface area contributed by atoms with E-state index in [-0.39, 0.29) is 22.5 Å². The molecule has 0 radical (unpaired) electrons. The number of rotatable bonds is 3. The van der Waals surface area contributed by atoms with E-state index >= 15 is 0 Å². The van der Waals surface area contributed by atoms with Crippen molar-refractivity contribution in [3.8, 4) is 0 Å². The molecule has 2 rings (SSSR count). The molecule has 0 spiro atoms. The van der Waals surface area contributed by atoms with Crippen LogP contribution >= 0.6 is 12.2 Å². The van der Waals surface area contributed by atoms with Crippen molar-refractivity contribution in [3.63, 3.8) is 0 Å². The summed E-state index contributed by atoms with van der Waals surface area (Å²) >= 11 is 4.85. The lowest BCUT2D eigenvalue weighted by Crippen LogP contribution is -2.42. The molecule has 1 unspecified atom stereocenters. The average molecular weight is 267 g/mol. The molecule has 4 N–H and O–H groups in total. The fraction of sp³-hybridized carbons (Fsp3) is 0.333.